The van der Waals surface area contributed by atoms with Gasteiger partial charge in [0.05, 0.1) is 18.4 Å². The Hall–Kier alpha value is -0.870. The van der Waals surface area contributed by atoms with Crippen LogP contribution in [0.4, 0.5) is 0 Å². The fourth-order valence-corrected chi connectivity index (χ4v) is 1.70. The highest BCUT2D eigenvalue weighted by molar-refractivity contribution is 5.09. The van der Waals surface area contributed by atoms with E-state index < -0.39 is 6.10 Å². The van der Waals surface area contributed by atoms with Gasteiger partial charge in [0.15, 0.2) is 0 Å². The zero-order valence-corrected chi connectivity index (χ0v) is 10.4. The molecule has 0 aliphatic carbocycles. The van der Waals surface area contributed by atoms with E-state index >= 15 is 0 Å². The van der Waals surface area contributed by atoms with Gasteiger partial charge in [-0.15, -0.1) is 0 Å². The van der Waals surface area contributed by atoms with E-state index in [9.17, 15) is 5.11 Å². The second kappa shape index (κ2) is 6.66. The van der Waals surface area contributed by atoms with Crippen molar-refractivity contribution in [1.82, 2.24) is 9.78 Å². The number of nitrogens with zero attached hydrogens (tertiary/aromatic N) is 2. The van der Waals surface area contributed by atoms with Gasteiger partial charge in [-0.25, -0.2) is 0 Å². The first kappa shape index (κ1) is 13.2. The number of hydrogen-bond acceptors (Lipinski definition) is 3. The van der Waals surface area contributed by atoms with Gasteiger partial charge in [-0.1, -0.05) is 6.92 Å². The maximum absolute atomic E-state index is 9.79. The summed E-state index contributed by atoms with van der Waals surface area (Å²) < 4.78 is 7.25. The highest BCUT2D eigenvalue weighted by Crippen LogP contribution is 2.07. The van der Waals surface area contributed by atoms with Crippen molar-refractivity contribution in [3.63, 3.8) is 0 Å². The molecule has 0 saturated carbocycles. The molecule has 0 bridgehead atoms. The molecule has 0 aliphatic rings. The molecule has 1 aromatic rings. The molecular weight excluding hydrogens is 204 g/mol. The van der Waals surface area contributed by atoms with Gasteiger partial charge in [0.1, 0.15) is 0 Å². The van der Waals surface area contributed by atoms with Crippen molar-refractivity contribution in [2.75, 3.05) is 13.2 Å². The molecule has 1 atom stereocenters. The number of aromatic nitrogens is 2. The Kier molecular flexibility index (Phi) is 5.49. The molecule has 0 spiro atoms. The lowest BCUT2D eigenvalue weighted by molar-refractivity contribution is 0.0364. The van der Waals surface area contributed by atoms with E-state index in [0.29, 0.717) is 19.6 Å². The molecule has 1 rings (SSSR count). The SMILES string of the molecule is CCCOCC(O)Cc1cc(C)nn1CC. The van der Waals surface area contributed by atoms with E-state index in [1.165, 1.54) is 0 Å². The van der Waals surface area contributed by atoms with E-state index in [1.807, 2.05) is 17.7 Å². The minimum absolute atomic E-state index is 0.405. The van der Waals surface area contributed by atoms with Crippen molar-refractivity contribution in [3.8, 4) is 0 Å². The van der Waals surface area contributed by atoms with Crippen LogP contribution in [0.25, 0.3) is 0 Å². The molecule has 0 amide bonds. The molecule has 1 aromatic heterocycles. The maximum atomic E-state index is 9.79. The summed E-state index contributed by atoms with van der Waals surface area (Å²) in [5.41, 5.74) is 2.08. The van der Waals surface area contributed by atoms with Crippen LogP contribution in [0.5, 0.6) is 0 Å². The third kappa shape index (κ3) is 3.94. The topological polar surface area (TPSA) is 47.3 Å². The summed E-state index contributed by atoms with van der Waals surface area (Å²) in [4.78, 5) is 0. The minimum atomic E-state index is -0.437. The van der Waals surface area contributed by atoms with Crippen LogP contribution in [0.2, 0.25) is 0 Å². The smallest absolute Gasteiger partial charge is 0.0828 e. The van der Waals surface area contributed by atoms with Gasteiger partial charge in [0, 0.05) is 25.3 Å². The van der Waals surface area contributed by atoms with E-state index in [1.54, 1.807) is 0 Å². The Labute approximate surface area is 97.2 Å². The average Bonchev–Trinajstić information content (AvgIpc) is 2.59. The lowest BCUT2D eigenvalue weighted by Crippen LogP contribution is -2.20. The Morgan fingerprint density at radius 1 is 1.50 bits per heavy atom. The molecule has 1 N–H and O–H groups in total. The zero-order chi connectivity index (χ0) is 12.0. The Morgan fingerprint density at radius 2 is 2.25 bits per heavy atom. The Bertz CT molecular complexity index is 310. The largest absolute Gasteiger partial charge is 0.390 e. The second-order valence-electron chi connectivity index (χ2n) is 4.03. The van der Waals surface area contributed by atoms with Crippen molar-refractivity contribution >= 4 is 0 Å². The van der Waals surface area contributed by atoms with Crippen LogP contribution in [0.1, 0.15) is 31.7 Å². The first-order valence-corrected chi connectivity index (χ1v) is 5.96. The molecule has 4 heteroatoms. The van der Waals surface area contributed by atoms with Gasteiger partial charge < -0.3 is 9.84 Å². The molecule has 0 fully saturated rings. The van der Waals surface area contributed by atoms with Gasteiger partial charge in [-0.2, -0.15) is 5.10 Å². The Morgan fingerprint density at radius 3 is 2.88 bits per heavy atom. The highest BCUT2D eigenvalue weighted by Gasteiger charge is 2.10. The zero-order valence-electron chi connectivity index (χ0n) is 10.4. The lowest BCUT2D eigenvalue weighted by atomic mass is 10.2. The lowest BCUT2D eigenvalue weighted by Gasteiger charge is -2.11. The predicted octanol–water partition coefficient (Wildman–Crippen LogP) is 1.54. The van der Waals surface area contributed by atoms with Crippen LogP contribution in [0.15, 0.2) is 6.07 Å². The molecule has 0 radical (unpaired) electrons. The number of aliphatic hydroxyl groups excluding tert-OH is 1. The summed E-state index contributed by atoms with van der Waals surface area (Å²) in [5.74, 6) is 0. The normalized spacial score (nSPS) is 13.0. The van der Waals surface area contributed by atoms with Crippen LogP contribution in [0, 0.1) is 6.92 Å². The fourth-order valence-electron chi connectivity index (χ4n) is 1.70. The van der Waals surface area contributed by atoms with E-state index in [2.05, 4.69) is 18.9 Å². The number of aliphatic hydroxyl groups is 1. The third-order valence-corrected chi connectivity index (χ3v) is 2.39. The van der Waals surface area contributed by atoms with Gasteiger partial charge in [0.2, 0.25) is 0 Å². The standard InChI is InChI=1S/C12H22N2O2/c1-4-6-16-9-12(15)8-11-7-10(3)13-14(11)5-2/h7,12,15H,4-6,8-9H2,1-3H3. The quantitative estimate of drug-likeness (QED) is 0.717. The summed E-state index contributed by atoms with van der Waals surface area (Å²) in [5, 5.41) is 14.1. The minimum Gasteiger partial charge on any atom is -0.390 e. The number of ether oxygens (including phenoxy) is 1. The Balaban J connectivity index is 2.45. The van der Waals surface area contributed by atoms with Crippen LogP contribution < -0.4 is 0 Å². The number of rotatable bonds is 7. The van der Waals surface area contributed by atoms with Crippen molar-refractivity contribution < 1.29 is 9.84 Å². The molecule has 1 heterocycles. The van der Waals surface area contributed by atoms with Gasteiger partial charge in [-0.05, 0) is 26.3 Å². The second-order valence-corrected chi connectivity index (χ2v) is 4.03. The monoisotopic (exact) mass is 226 g/mol. The summed E-state index contributed by atoms with van der Waals surface area (Å²) in [6.45, 7) is 8.03. The number of aryl methyl sites for hydroxylation is 2. The fraction of sp³-hybridized carbons (Fsp3) is 0.750. The maximum Gasteiger partial charge on any atom is 0.0828 e. The first-order chi connectivity index (χ1) is 7.67. The van der Waals surface area contributed by atoms with Gasteiger partial charge >= 0.3 is 0 Å². The molecule has 16 heavy (non-hydrogen) atoms. The molecule has 92 valence electrons. The van der Waals surface area contributed by atoms with Crippen molar-refractivity contribution in [2.24, 2.45) is 0 Å². The van der Waals surface area contributed by atoms with Crippen LogP contribution >= 0.6 is 0 Å². The van der Waals surface area contributed by atoms with Crippen molar-refractivity contribution in [2.45, 2.75) is 46.3 Å². The van der Waals surface area contributed by atoms with E-state index in [-0.39, 0.29) is 0 Å². The van der Waals surface area contributed by atoms with E-state index in [4.69, 9.17) is 4.74 Å². The van der Waals surface area contributed by atoms with Crippen LogP contribution in [0.3, 0.4) is 0 Å². The molecule has 1 unspecified atom stereocenters. The molecule has 4 nitrogen and oxygen atoms in total. The molecule has 0 aromatic carbocycles. The molecule has 0 aliphatic heterocycles. The summed E-state index contributed by atoms with van der Waals surface area (Å²) in [6.07, 6.45) is 1.16. The average molecular weight is 226 g/mol. The summed E-state index contributed by atoms with van der Waals surface area (Å²) >= 11 is 0. The predicted molar refractivity (Wildman–Crippen MR) is 63.5 cm³/mol. The first-order valence-electron chi connectivity index (χ1n) is 5.96. The third-order valence-electron chi connectivity index (χ3n) is 2.39. The van der Waals surface area contributed by atoms with Crippen LogP contribution in [-0.2, 0) is 17.7 Å². The summed E-state index contributed by atoms with van der Waals surface area (Å²) in [6, 6.07) is 2.02. The van der Waals surface area contributed by atoms with Gasteiger partial charge in [-0.3, -0.25) is 4.68 Å². The van der Waals surface area contributed by atoms with Crippen molar-refractivity contribution in [3.05, 3.63) is 17.5 Å². The molecule has 0 saturated heterocycles. The van der Waals surface area contributed by atoms with E-state index in [0.717, 1.165) is 24.4 Å². The highest BCUT2D eigenvalue weighted by atomic mass is 16.5. The van der Waals surface area contributed by atoms with Crippen molar-refractivity contribution in [1.29, 1.82) is 0 Å². The van der Waals surface area contributed by atoms with Gasteiger partial charge in [0.25, 0.3) is 0 Å². The van der Waals surface area contributed by atoms with Crippen LogP contribution in [-0.4, -0.2) is 34.2 Å². The number of hydrogen-bond donors (Lipinski definition) is 1. The molecular formula is C12H22N2O2. The summed E-state index contributed by atoms with van der Waals surface area (Å²) in [7, 11) is 0.